The fourth-order valence-electron chi connectivity index (χ4n) is 2.27. The molecule has 0 amide bonds. The Morgan fingerprint density at radius 2 is 2.11 bits per heavy atom. The first-order valence-electron chi connectivity index (χ1n) is 6.49. The smallest absolute Gasteiger partial charge is 0.128 e. The highest BCUT2D eigenvalue weighted by atomic mass is 19.1. The molecule has 0 bridgehead atoms. The van der Waals surface area contributed by atoms with E-state index in [4.69, 9.17) is 4.74 Å². The van der Waals surface area contributed by atoms with Gasteiger partial charge in [-0.25, -0.2) is 4.39 Å². The molecule has 18 heavy (non-hydrogen) atoms. The van der Waals surface area contributed by atoms with Gasteiger partial charge in [-0.05, 0) is 45.0 Å². The van der Waals surface area contributed by atoms with E-state index >= 15 is 0 Å². The highest BCUT2D eigenvalue weighted by Crippen LogP contribution is 2.26. The molecule has 3 nitrogen and oxygen atoms in total. The Balaban J connectivity index is 1.92. The van der Waals surface area contributed by atoms with E-state index < -0.39 is 6.10 Å². The average Bonchev–Trinajstić information content (AvgIpc) is 2.82. The molecule has 1 aliphatic heterocycles. The van der Waals surface area contributed by atoms with Crippen LogP contribution in [0, 0.1) is 5.82 Å². The van der Waals surface area contributed by atoms with Crippen molar-refractivity contribution in [3.8, 4) is 5.75 Å². The minimum absolute atomic E-state index is 0.337. The van der Waals surface area contributed by atoms with Crippen LogP contribution in [0.1, 0.15) is 31.4 Å². The fourth-order valence-corrected chi connectivity index (χ4v) is 2.27. The highest BCUT2D eigenvalue weighted by molar-refractivity contribution is 5.35. The zero-order chi connectivity index (χ0) is 13.0. The van der Waals surface area contributed by atoms with Crippen LogP contribution >= 0.6 is 0 Å². The SMILES string of the molecule is C[C@@H](O)c1ccc(F)cc1OCCN1CCCC1. The van der Waals surface area contributed by atoms with Crippen molar-refractivity contribution < 1.29 is 14.2 Å². The standard InChI is InChI=1S/C14H20FNO2/c1-11(17)13-5-4-12(15)10-14(13)18-9-8-16-6-2-3-7-16/h4-5,10-11,17H,2-3,6-9H2,1H3/t11-/m1/s1. The van der Waals surface area contributed by atoms with E-state index in [9.17, 15) is 9.50 Å². The Hall–Kier alpha value is -1.13. The maximum absolute atomic E-state index is 13.2. The molecule has 1 saturated heterocycles. The molecule has 0 radical (unpaired) electrons. The first-order valence-corrected chi connectivity index (χ1v) is 6.49. The van der Waals surface area contributed by atoms with Crippen LogP contribution in [0.2, 0.25) is 0 Å². The van der Waals surface area contributed by atoms with E-state index in [2.05, 4.69) is 4.90 Å². The number of likely N-dealkylation sites (tertiary alicyclic amines) is 1. The maximum Gasteiger partial charge on any atom is 0.128 e. The molecule has 1 atom stereocenters. The molecule has 1 N–H and O–H groups in total. The predicted molar refractivity (Wildman–Crippen MR) is 68.2 cm³/mol. The molecule has 0 aromatic heterocycles. The van der Waals surface area contributed by atoms with Crippen LogP contribution in [0.5, 0.6) is 5.75 Å². The quantitative estimate of drug-likeness (QED) is 0.874. The molecule has 1 aromatic rings. The number of halogens is 1. The van der Waals surface area contributed by atoms with Gasteiger partial charge in [0.25, 0.3) is 0 Å². The van der Waals surface area contributed by atoms with Crippen LogP contribution in [-0.4, -0.2) is 36.2 Å². The third-order valence-corrected chi connectivity index (χ3v) is 3.29. The summed E-state index contributed by atoms with van der Waals surface area (Å²) < 4.78 is 18.8. The highest BCUT2D eigenvalue weighted by Gasteiger charge is 2.13. The second-order valence-electron chi connectivity index (χ2n) is 4.76. The summed E-state index contributed by atoms with van der Waals surface area (Å²) in [6, 6.07) is 4.26. The van der Waals surface area contributed by atoms with Gasteiger partial charge in [-0.2, -0.15) is 0 Å². The lowest BCUT2D eigenvalue weighted by molar-refractivity contribution is 0.186. The molecule has 100 valence electrons. The number of aliphatic hydroxyl groups is 1. The number of benzene rings is 1. The van der Waals surface area contributed by atoms with Gasteiger partial charge < -0.3 is 9.84 Å². The molecule has 1 heterocycles. The van der Waals surface area contributed by atoms with Crippen LogP contribution < -0.4 is 4.74 Å². The monoisotopic (exact) mass is 253 g/mol. The molecule has 0 saturated carbocycles. The van der Waals surface area contributed by atoms with Gasteiger partial charge in [0, 0.05) is 18.2 Å². The Kier molecular flexibility index (Phi) is 4.55. The molecule has 1 aliphatic rings. The normalized spacial score (nSPS) is 17.9. The van der Waals surface area contributed by atoms with E-state index in [-0.39, 0.29) is 5.82 Å². The summed E-state index contributed by atoms with van der Waals surface area (Å²) in [5.41, 5.74) is 0.637. The van der Waals surface area contributed by atoms with Crippen LogP contribution in [0.4, 0.5) is 4.39 Å². The van der Waals surface area contributed by atoms with Gasteiger partial charge in [-0.15, -0.1) is 0 Å². The Morgan fingerprint density at radius 1 is 1.39 bits per heavy atom. The third kappa shape index (κ3) is 3.43. The molecule has 1 aromatic carbocycles. The number of hydrogen-bond acceptors (Lipinski definition) is 3. The minimum Gasteiger partial charge on any atom is -0.492 e. The summed E-state index contributed by atoms with van der Waals surface area (Å²) in [7, 11) is 0. The van der Waals surface area contributed by atoms with Crippen molar-refractivity contribution in [2.24, 2.45) is 0 Å². The average molecular weight is 253 g/mol. The van der Waals surface area contributed by atoms with Crippen molar-refractivity contribution in [1.29, 1.82) is 0 Å². The minimum atomic E-state index is -0.646. The first-order chi connectivity index (χ1) is 8.66. The third-order valence-electron chi connectivity index (χ3n) is 3.29. The second-order valence-corrected chi connectivity index (χ2v) is 4.76. The summed E-state index contributed by atoms with van der Waals surface area (Å²) in [6.07, 6.45) is 1.85. The van der Waals surface area contributed by atoms with E-state index in [1.54, 1.807) is 13.0 Å². The molecular formula is C14H20FNO2. The van der Waals surface area contributed by atoms with Gasteiger partial charge in [0.15, 0.2) is 0 Å². The van der Waals surface area contributed by atoms with Gasteiger partial charge in [0.05, 0.1) is 6.10 Å². The van der Waals surface area contributed by atoms with Crippen molar-refractivity contribution in [2.75, 3.05) is 26.2 Å². The van der Waals surface area contributed by atoms with Crippen LogP contribution in [0.15, 0.2) is 18.2 Å². The van der Waals surface area contributed by atoms with Crippen molar-refractivity contribution in [2.45, 2.75) is 25.9 Å². The number of rotatable bonds is 5. The predicted octanol–water partition coefficient (Wildman–Crippen LogP) is 2.35. The summed E-state index contributed by atoms with van der Waals surface area (Å²) in [4.78, 5) is 2.33. The zero-order valence-electron chi connectivity index (χ0n) is 10.7. The van der Waals surface area contributed by atoms with Crippen molar-refractivity contribution in [3.05, 3.63) is 29.6 Å². The van der Waals surface area contributed by atoms with Gasteiger partial charge in [0.2, 0.25) is 0 Å². The van der Waals surface area contributed by atoms with E-state index in [0.717, 1.165) is 19.6 Å². The molecule has 2 rings (SSSR count). The molecule has 0 spiro atoms. The Bertz CT molecular complexity index is 389. The number of aliphatic hydroxyl groups excluding tert-OH is 1. The van der Waals surface area contributed by atoms with Crippen LogP contribution in [0.25, 0.3) is 0 Å². The summed E-state index contributed by atoms with van der Waals surface area (Å²) in [6.45, 7) is 5.28. The summed E-state index contributed by atoms with van der Waals surface area (Å²) in [5, 5.41) is 9.59. The number of nitrogens with zero attached hydrogens (tertiary/aromatic N) is 1. The van der Waals surface area contributed by atoms with Crippen LogP contribution in [-0.2, 0) is 0 Å². The summed E-state index contributed by atoms with van der Waals surface area (Å²) in [5.74, 6) is 0.111. The van der Waals surface area contributed by atoms with Crippen LogP contribution in [0.3, 0.4) is 0 Å². The maximum atomic E-state index is 13.2. The van der Waals surface area contributed by atoms with Gasteiger partial charge in [-0.3, -0.25) is 4.90 Å². The number of ether oxygens (including phenoxy) is 1. The first kappa shape index (κ1) is 13.3. The molecule has 1 fully saturated rings. The lowest BCUT2D eigenvalue weighted by Crippen LogP contribution is -2.25. The fraction of sp³-hybridized carbons (Fsp3) is 0.571. The van der Waals surface area contributed by atoms with E-state index in [1.807, 2.05) is 0 Å². The second kappa shape index (κ2) is 6.16. The molecule has 4 heteroatoms. The van der Waals surface area contributed by atoms with Gasteiger partial charge in [-0.1, -0.05) is 0 Å². The molecular weight excluding hydrogens is 233 g/mol. The van der Waals surface area contributed by atoms with Gasteiger partial charge >= 0.3 is 0 Å². The van der Waals surface area contributed by atoms with E-state index in [0.29, 0.717) is 17.9 Å². The van der Waals surface area contributed by atoms with Crippen molar-refractivity contribution >= 4 is 0 Å². The lowest BCUT2D eigenvalue weighted by atomic mass is 10.1. The molecule has 0 aliphatic carbocycles. The largest absolute Gasteiger partial charge is 0.492 e. The van der Waals surface area contributed by atoms with Gasteiger partial charge in [0.1, 0.15) is 18.2 Å². The van der Waals surface area contributed by atoms with E-state index in [1.165, 1.54) is 25.0 Å². The zero-order valence-corrected chi connectivity index (χ0v) is 10.7. The van der Waals surface area contributed by atoms with Crippen molar-refractivity contribution in [1.82, 2.24) is 4.90 Å². The van der Waals surface area contributed by atoms with Crippen molar-refractivity contribution in [3.63, 3.8) is 0 Å². The molecule has 0 unspecified atom stereocenters. The summed E-state index contributed by atoms with van der Waals surface area (Å²) >= 11 is 0. The topological polar surface area (TPSA) is 32.7 Å². The number of hydrogen-bond donors (Lipinski definition) is 1. The Morgan fingerprint density at radius 3 is 2.78 bits per heavy atom. The Labute approximate surface area is 107 Å². The lowest BCUT2D eigenvalue weighted by Gasteiger charge is -2.17.